The summed E-state index contributed by atoms with van der Waals surface area (Å²) in [5, 5.41) is 0. The number of allylic oxidation sites excluding steroid dienone is 2. The van der Waals surface area contributed by atoms with Gasteiger partial charge in [0.1, 0.15) is 0 Å². The molecule has 0 rings (SSSR count). The van der Waals surface area contributed by atoms with E-state index in [4.69, 9.17) is 0 Å². The molecule has 0 aliphatic rings. The standard InChI is InChI=1S/2C34H68O4S.Ca/c2*1-3-5-7-9-11-13-15-16-17-18-19-20-21-22-24-26-28-30-32-34(33-38-39(35,36)37)31-29-27-25-23-14-12-10-8-6-4-2;/h2*29,31,34H,3-28,30,32-33H2,1-2H3,(H,35,36,37);/q;;+2/p-2/b2*31-29+;. The molecule has 0 saturated heterocycles. The van der Waals surface area contributed by atoms with Crippen molar-refractivity contribution in [2.75, 3.05) is 13.2 Å². The third-order valence-electron chi connectivity index (χ3n) is 16.0. The Morgan fingerprint density at radius 3 is 0.620 bits per heavy atom. The average molecular weight is 1180 g/mol. The van der Waals surface area contributed by atoms with Gasteiger partial charge in [0.15, 0.2) is 0 Å². The maximum Gasteiger partial charge on any atom is 2.00 e. The molecule has 0 spiro atoms. The Balaban J connectivity index is -0.00000144. The van der Waals surface area contributed by atoms with Crippen LogP contribution in [0.4, 0.5) is 0 Å². The summed E-state index contributed by atoms with van der Waals surface area (Å²) in [5.74, 6) is 0.0349. The van der Waals surface area contributed by atoms with Gasteiger partial charge in [-0.05, 0) is 38.5 Å². The van der Waals surface area contributed by atoms with E-state index >= 15 is 0 Å². The fourth-order valence-electron chi connectivity index (χ4n) is 10.8. The van der Waals surface area contributed by atoms with Gasteiger partial charge in [0.25, 0.3) is 0 Å². The summed E-state index contributed by atoms with van der Waals surface area (Å²) >= 11 is 0. The van der Waals surface area contributed by atoms with Crippen LogP contribution in [0.3, 0.4) is 0 Å². The van der Waals surface area contributed by atoms with E-state index in [9.17, 15) is 25.9 Å². The second kappa shape index (κ2) is 69.3. The predicted molar refractivity (Wildman–Crippen MR) is 344 cm³/mol. The monoisotopic (exact) mass is 1180 g/mol. The maximum atomic E-state index is 10.9. The van der Waals surface area contributed by atoms with E-state index in [2.05, 4.69) is 60.4 Å². The average Bonchev–Trinajstić information content (AvgIpc) is 3.41. The van der Waals surface area contributed by atoms with E-state index in [0.717, 1.165) is 38.5 Å². The summed E-state index contributed by atoms with van der Waals surface area (Å²) < 4.78 is 74.7. The van der Waals surface area contributed by atoms with Crippen molar-refractivity contribution in [1.29, 1.82) is 0 Å². The van der Waals surface area contributed by atoms with Gasteiger partial charge in [0.05, 0.1) is 13.2 Å². The minimum Gasteiger partial charge on any atom is -0.726 e. The molecule has 2 atom stereocenters. The molecule has 0 N–H and O–H groups in total. The van der Waals surface area contributed by atoms with Crippen molar-refractivity contribution >= 4 is 58.5 Å². The van der Waals surface area contributed by atoms with Crippen LogP contribution in [0.1, 0.15) is 387 Å². The molecule has 468 valence electrons. The van der Waals surface area contributed by atoms with Crippen molar-refractivity contribution in [2.45, 2.75) is 387 Å². The number of hydrogen-bond acceptors (Lipinski definition) is 8. The summed E-state index contributed by atoms with van der Waals surface area (Å²) in [6.45, 7) is 9.03. The molecule has 0 radical (unpaired) electrons. The van der Waals surface area contributed by atoms with Crippen LogP contribution < -0.4 is 0 Å². The van der Waals surface area contributed by atoms with Crippen LogP contribution in [0.5, 0.6) is 0 Å². The second-order valence-electron chi connectivity index (χ2n) is 23.9. The minimum absolute atomic E-state index is 0. The molecule has 0 fully saturated rings. The van der Waals surface area contributed by atoms with Crippen molar-refractivity contribution in [1.82, 2.24) is 0 Å². The number of rotatable bonds is 64. The maximum absolute atomic E-state index is 10.9. The third kappa shape index (κ3) is 78.5. The first-order chi connectivity index (χ1) is 38.0. The molecular formula is C68H134CaO8S2. The van der Waals surface area contributed by atoms with Crippen LogP contribution in [0.15, 0.2) is 24.3 Å². The molecule has 2 unspecified atom stereocenters. The third-order valence-corrected chi connectivity index (χ3v) is 16.8. The van der Waals surface area contributed by atoms with Crippen molar-refractivity contribution in [2.24, 2.45) is 11.8 Å². The van der Waals surface area contributed by atoms with Gasteiger partial charge < -0.3 is 9.11 Å². The van der Waals surface area contributed by atoms with E-state index in [1.54, 1.807) is 0 Å². The first-order valence-electron chi connectivity index (χ1n) is 34.5. The summed E-state index contributed by atoms with van der Waals surface area (Å²) in [7, 11) is -9.24. The molecule has 0 aromatic rings. The van der Waals surface area contributed by atoms with Gasteiger partial charge in [-0.3, -0.25) is 8.37 Å². The van der Waals surface area contributed by atoms with Crippen LogP contribution in [0.2, 0.25) is 0 Å². The Bertz CT molecular complexity index is 1320. The van der Waals surface area contributed by atoms with Crippen molar-refractivity contribution < 1.29 is 34.3 Å². The molecule has 0 bridgehead atoms. The number of unbranched alkanes of at least 4 members (excludes halogenated alkanes) is 50. The Labute approximate surface area is 525 Å². The molecular weight excluding hydrogens is 1050 g/mol. The van der Waals surface area contributed by atoms with Crippen LogP contribution in [0, 0.1) is 11.8 Å². The second-order valence-corrected chi connectivity index (χ2v) is 26.0. The molecule has 79 heavy (non-hydrogen) atoms. The molecule has 0 heterocycles. The molecule has 0 aromatic heterocycles. The zero-order chi connectivity index (χ0) is 57.4. The van der Waals surface area contributed by atoms with E-state index in [1.165, 1.54) is 321 Å². The van der Waals surface area contributed by atoms with Gasteiger partial charge >= 0.3 is 37.7 Å². The van der Waals surface area contributed by atoms with E-state index < -0.39 is 20.8 Å². The summed E-state index contributed by atoms with van der Waals surface area (Å²) in [5.41, 5.74) is 0. The molecule has 8 nitrogen and oxygen atoms in total. The van der Waals surface area contributed by atoms with Crippen LogP contribution >= 0.6 is 0 Å². The fourth-order valence-corrected chi connectivity index (χ4v) is 11.5. The summed E-state index contributed by atoms with van der Waals surface area (Å²) in [4.78, 5) is 0. The topological polar surface area (TPSA) is 133 Å². The Morgan fingerprint density at radius 1 is 0.278 bits per heavy atom. The summed E-state index contributed by atoms with van der Waals surface area (Å²) in [6.07, 6.45) is 82.0. The van der Waals surface area contributed by atoms with Crippen LogP contribution in [-0.2, 0) is 29.2 Å². The van der Waals surface area contributed by atoms with Gasteiger partial charge in [-0.15, -0.1) is 0 Å². The largest absolute Gasteiger partial charge is 2.00 e. The molecule has 0 aromatic carbocycles. The molecule has 0 aliphatic carbocycles. The molecule has 11 heteroatoms. The summed E-state index contributed by atoms with van der Waals surface area (Å²) in [6, 6.07) is 0. The Hall–Kier alpha value is 0.480. The van der Waals surface area contributed by atoms with Crippen LogP contribution in [-0.4, -0.2) is 76.9 Å². The van der Waals surface area contributed by atoms with Gasteiger partial charge in [0.2, 0.25) is 20.8 Å². The fraction of sp³-hybridized carbons (Fsp3) is 0.941. The van der Waals surface area contributed by atoms with Crippen molar-refractivity contribution in [3.8, 4) is 0 Å². The normalized spacial score (nSPS) is 12.8. The van der Waals surface area contributed by atoms with E-state index in [-0.39, 0.29) is 62.8 Å². The van der Waals surface area contributed by atoms with Gasteiger partial charge in [-0.1, -0.05) is 373 Å². The van der Waals surface area contributed by atoms with Gasteiger partial charge in [-0.2, -0.15) is 0 Å². The molecule has 0 amide bonds. The van der Waals surface area contributed by atoms with Crippen molar-refractivity contribution in [3.63, 3.8) is 0 Å². The van der Waals surface area contributed by atoms with E-state index in [1.807, 2.05) is 0 Å². The zero-order valence-corrected chi connectivity index (χ0v) is 57.1. The number of hydrogen-bond donors (Lipinski definition) is 0. The first kappa shape index (κ1) is 83.7. The van der Waals surface area contributed by atoms with Crippen molar-refractivity contribution in [3.05, 3.63) is 24.3 Å². The van der Waals surface area contributed by atoms with Gasteiger partial charge in [0, 0.05) is 11.8 Å². The Morgan fingerprint density at radius 2 is 0.443 bits per heavy atom. The quantitative estimate of drug-likeness (QED) is 0.0193. The van der Waals surface area contributed by atoms with Gasteiger partial charge in [-0.25, -0.2) is 16.8 Å². The minimum atomic E-state index is -4.62. The molecule has 0 aliphatic heterocycles. The Kier molecular flexibility index (Phi) is 73.4. The predicted octanol–water partition coefficient (Wildman–Crippen LogP) is 22.8. The van der Waals surface area contributed by atoms with Crippen LogP contribution in [0.25, 0.3) is 0 Å². The SMILES string of the molecule is CCCCCCCCCC/C=C/C(CCCCCCCCCCCCCCCCCCCC)COS(=O)(=O)[O-].CCCCCCCCCC/C=C/C(CCCCCCCCCCCCCCCCCCCC)COS(=O)(=O)[O-].[Ca+2]. The van der Waals surface area contributed by atoms with E-state index in [0.29, 0.717) is 0 Å². The smallest absolute Gasteiger partial charge is 0.726 e. The first-order valence-corrected chi connectivity index (χ1v) is 37.2. The zero-order valence-electron chi connectivity index (χ0n) is 53.3. The molecule has 0 saturated carbocycles.